The summed E-state index contributed by atoms with van der Waals surface area (Å²) in [5.74, 6) is 0. The summed E-state index contributed by atoms with van der Waals surface area (Å²) in [7, 11) is 0. The molecule has 2 heteroatoms. The van der Waals surface area contributed by atoms with E-state index >= 15 is 0 Å². The van der Waals surface area contributed by atoms with Gasteiger partial charge >= 0.3 is 0 Å². The van der Waals surface area contributed by atoms with Crippen LogP contribution in [0.1, 0.15) is 25.0 Å². The number of hydrogen-bond acceptors (Lipinski definition) is 2. The van der Waals surface area contributed by atoms with Crippen LogP contribution in [0.15, 0.2) is 200 Å². The second-order valence-electron chi connectivity index (χ2n) is 15.8. The van der Waals surface area contributed by atoms with Crippen molar-refractivity contribution in [1.82, 2.24) is 0 Å². The minimum Gasteiger partial charge on any atom is -0.309 e. The van der Waals surface area contributed by atoms with Crippen molar-refractivity contribution in [2.45, 2.75) is 19.3 Å². The van der Waals surface area contributed by atoms with E-state index in [4.69, 9.17) is 0 Å². The molecule has 0 unspecified atom stereocenters. The van der Waals surface area contributed by atoms with E-state index in [9.17, 15) is 0 Å². The molecule has 1 nitrogen and oxygen atoms in total. The molecule has 0 atom stereocenters. The largest absolute Gasteiger partial charge is 0.309 e. The number of thiophene rings is 1. The van der Waals surface area contributed by atoms with Crippen LogP contribution in [0.3, 0.4) is 0 Å². The van der Waals surface area contributed by atoms with E-state index in [1.807, 2.05) is 11.3 Å². The highest BCUT2D eigenvalue weighted by atomic mass is 32.1. The van der Waals surface area contributed by atoms with Crippen LogP contribution >= 0.6 is 11.3 Å². The predicted molar refractivity (Wildman–Crippen MR) is 245 cm³/mol. The minimum atomic E-state index is -0.0923. The van der Waals surface area contributed by atoms with Gasteiger partial charge in [0.1, 0.15) is 0 Å². The summed E-state index contributed by atoms with van der Waals surface area (Å²) in [4.78, 5) is 2.46. The molecule has 0 N–H and O–H groups in total. The van der Waals surface area contributed by atoms with E-state index < -0.39 is 0 Å². The summed E-state index contributed by atoms with van der Waals surface area (Å²) in [6.45, 7) is 4.72. The smallest absolute Gasteiger partial charge is 0.0640 e. The third-order valence-corrected chi connectivity index (χ3v) is 13.3. The number of nitrogens with zero attached hydrogens (tertiary/aromatic N) is 1. The first-order valence-electron chi connectivity index (χ1n) is 19.7. The molecule has 0 amide bonds. The third kappa shape index (κ3) is 5.59. The average molecular weight is 746 g/mol. The van der Waals surface area contributed by atoms with Crippen LogP contribution in [-0.2, 0) is 5.41 Å². The van der Waals surface area contributed by atoms with E-state index in [-0.39, 0.29) is 5.41 Å². The lowest BCUT2D eigenvalue weighted by molar-refractivity contribution is 0.660. The van der Waals surface area contributed by atoms with Gasteiger partial charge in [0.05, 0.1) is 10.4 Å². The summed E-state index contributed by atoms with van der Waals surface area (Å²) < 4.78 is 2.61. The molecule has 0 aliphatic heterocycles. The van der Waals surface area contributed by atoms with E-state index in [1.54, 1.807) is 0 Å². The Morgan fingerprint density at radius 3 is 1.79 bits per heavy atom. The Morgan fingerprint density at radius 1 is 0.386 bits per heavy atom. The summed E-state index contributed by atoms with van der Waals surface area (Å²) >= 11 is 1.88. The molecule has 1 heterocycles. The highest BCUT2D eigenvalue weighted by Crippen LogP contribution is 2.52. The van der Waals surface area contributed by atoms with E-state index in [0.29, 0.717) is 0 Å². The zero-order chi connectivity index (χ0) is 38.1. The first kappa shape index (κ1) is 33.6. The zero-order valence-electron chi connectivity index (χ0n) is 31.9. The minimum absolute atomic E-state index is 0.0923. The average Bonchev–Trinajstić information content (AvgIpc) is 3.76. The Balaban J connectivity index is 0.959. The molecule has 10 aromatic rings. The molecule has 1 aliphatic rings. The first-order chi connectivity index (χ1) is 28.0. The van der Waals surface area contributed by atoms with Gasteiger partial charge in [-0.25, -0.2) is 0 Å². The lowest BCUT2D eigenvalue weighted by Crippen LogP contribution is -2.16. The topological polar surface area (TPSA) is 3.24 Å². The molecule has 9 aromatic carbocycles. The third-order valence-electron chi connectivity index (χ3n) is 12.1. The van der Waals surface area contributed by atoms with Gasteiger partial charge in [0.2, 0.25) is 0 Å². The van der Waals surface area contributed by atoms with Crippen molar-refractivity contribution in [3.05, 3.63) is 211 Å². The second kappa shape index (κ2) is 13.2. The van der Waals surface area contributed by atoms with Gasteiger partial charge < -0.3 is 4.90 Å². The van der Waals surface area contributed by atoms with Crippen LogP contribution in [0.25, 0.3) is 75.5 Å². The van der Waals surface area contributed by atoms with Gasteiger partial charge in [0, 0.05) is 32.3 Å². The fourth-order valence-corrected chi connectivity index (χ4v) is 10.3. The molecule has 0 radical (unpaired) electrons. The molecule has 0 saturated carbocycles. The van der Waals surface area contributed by atoms with Gasteiger partial charge in [-0.3, -0.25) is 0 Å². The van der Waals surface area contributed by atoms with Gasteiger partial charge in [-0.1, -0.05) is 166 Å². The van der Waals surface area contributed by atoms with Crippen LogP contribution < -0.4 is 4.90 Å². The highest BCUT2D eigenvalue weighted by Gasteiger charge is 2.36. The Morgan fingerprint density at radius 2 is 0.965 bits per heavy atom. The van der Waals surface area contributed by atoms with Gasteiger partial charge in [-0.05, 0) is 115 Å². The fourth-order valence-electron chi connectivity index (χ4n) is 9.07. The highest BCUT2D eigenvalue weighted by molar-refractivity contribution is 7.26. The molecular weight excluding hydrogens is 707 g/mol. The fraction of sp³-hybridized carbons (Fsp3) is 0.0545. The van der Waals surface area contributed by atoms with E-state index in [2.05, 4.69) is 219 Å². The maximum absolute atomic E-state index is 2.46. The molecule has 0 saturated heterocycles. The number of fused-ring (bicyclic) bond motifs is 7. The van der Waals surface area contributed by atoms with Crippen molar-refractivity contribution in [3.8, 4) is 44.5 Å². The van der Waals surface area contributed by atoms with E-state index in [0.717, 1.165) is 5.69 Å². The van der Waals surface area contributed by atoms with Crippen LogP contribution in [0.5, 0.6) is 0 Å². The Bertz CT molecular complexity index is 3150. The van der Waals surface area contributed by atoms with Crippen LogP contribution in [0.2, 0.25) is 0 Å². The Labute approximate surface area is 337 Å². The summed E-state index contributed by atoms with van der Waals surface area (Å²) in [6.07, 6.45) is 0. The predicted octanol–water partition coefficient (Wildman–Crippen LogP) is 16.0. The monoisotopic (exact) mass is 745 g/mol. The van der Waals surface area contributed by atoms with Crippen LogP contribution in [0, 0.1) is 0 Å². The second-order valence-corrected chi connectivity index (χ2v) is 16.8. The van der Waals surface area contributed by atoms with Gasteiger partial charge in [-0.15, -0.1) is 11.3 Å². The maximum Gasteiger partial charge on any atom is 0.0640 e. The summed E-state index contributed by atoms with van der Waals surface area (Å²) in [6, 6.07) is 73.8. The normalized spacial score (nSPS) is 12.9. The van der Waals surface area contributed by atoms with Crippen molar-refractivity contribution in [1.29, 1.82) is 0 Å². The van der Waals surface area contributed by atoms with Gasteiger partial charge in [0.25, 0.3) is 0 Å². The van der Waals surface area contributed by atoms with Crippen LogP contribution in [0.4, 0.5) is 17.1 Å². The molecule has 0 bridgehead atoms. The quantitative estimate of drug-likeness (QED) is 0.164. The summed E-state index contributed by atoms with van der Waals surface area (Å²) in [5, 5.41) is 5.13. The molecule has 0 spiro atoms. The molecule has 11 rings (SSSR count). The molecular formula is C55H39NS. The Hall–Kier alpha value is -6.74. The van der Waals surface area contributed by atoms with Crippen molar-refractivity contribution in [2.75, 3.05) is 4.90 Å². The molecule has 57 heavy (non-hydrogen) atoms. The SMILES string of the molecule is CC1(C)c2ccccc2-c2ccc(N(c3ccc(-c4ccc(-c5cccc(-c6ccc7ccccc7c6)c5)cc4)cc3)c3cccc4c3sc3ccccc34)cc21. The molecule has 1 aromatic heterocycles. The van der Waals surface area contributed by atoms with Gasteiger partial charge in [0.15, 0.2) is 0 Å². The first-order valence-corrected chi connectivity index (χ1v) is 20.6. The number of benzene rings is 9. The number of rotatable bonds is 6. The lowest BCUT2D eigenvalue weighted by atomic mass is 9.82. The van der Waals surface area contributed by atoms with E-state index in [1.165, 1.54) is 98.0 Å². The molecule has 1 aliphatic carbocycles. The summed E-state index contributed by atoms with van der Waals surface area (Å²) in [5.41, 5.74) is 16.1. The van der Waals surface area contributed by atoms with Gasteiger partial charge in [-0.2, -0.15) is 0 Å². The van der Waals surface area contributed by atoms with Crippen molar-refractivity contribution >= 4 is 59.3 Å². The van der Waals surface area contributed by atoms with Crippen LogP contribution in [-0.4, -0.2) is 0 Å². The Kier molecular flexibility index (Phi) is 7.77. The lowest BCUT2D eigenvalue weighted by Gasteiger charge is -2.28. The van der Waals surface area contributed by atoms with Crippen molar-refractivity contribution < 1.29 is 0 Å². The number of hydrogen-bond donors (Lipinski definition) is 0. The number of anilines is 3. The van der Waals surface area contributed by atoms with Crippen molar-refractivity contribution in [2.24, 2.45) is 0 Å². The zero-order valence-corrected chi connectivity index (χ0v) is 32.7. The van der Waals surface area contributed by atoms with Crippen molar-refractivity contribution in [3.63, 3.8) is 0 Å². The maximum atomic E-state index is 2.46. The molecule has 270 valence electrons. The standard InChI is InChI=1S/C55H39NS/c1-55(2)50-18-7-5-15-46(50)47-32-31-45(35-51(47)55)56(52-19-10-17-49-48-16-6-8-20-53(48)57-54(49)52)44-29-27-38(28-30-44)37-21-23-39(24-22-37)41-13-9-14-42(33-41)43-26-25-36-11-3-4-12-40(36)34-43/h3-35H,1-2H3. The molecule has 0 fully saturated rings.